The second kappa shape index (κ2) is 5.63. The van der Waals surface area contributed by atoms with Crippen LogP contribution in [-0.2, 0) is 9.59 Å². The van der Waals surface area contributed by atoms with E-state index in [1.807, 2.05) is 11.8 Å². The van der Waals surface area contributed by atoms with E-state index in [1.54, 1.807) is 0 Å². The molecule has 0 aromatic heterocycles. The number of piperidine rings is 1. The van der Waals surface area contributed by atoms with Gasteiger partial charge in [-0.15, -0.1) is 0 Å². The maximum atomic E-state index is 12.1. The molecule has 96 valence electrons. The quantitative estimate of drug-likeness (QED) is 0.668. The van der Waals surface area contributed by atoms with Crippen molar-refractivity contribution in [2.75, 3.05) is 26.2 Å². The molecule has 0 radical (unpaired) electrons. The zero-order chi connectivity index (χ0) is 12.3. The van der Waals surface area contributed by atoms with Gasteiger partial charge in [0.1, 0.15) is 6.29 Å². The van der Waals surface area contributed by atoms with Crippen LogP contribution in [-0.4, -0.2) is 54.2 Å². The molecule has 4 nitrogen and oxygen atoms in total. The van der Waals surface area contributed by atoms with Crippen LogP contribution in [0.15, 0.2) is 0 Å². The molecule has 1 aliphatic carbocycles. The molecule has 1 saturated carbocycles. The SMILES string of the molecule is CCN(C(=O)CN1CCCC(C=O)C1)C1CC1. The van der Waals surface area contributed by atoms with E-state index in [1.165, 1.54) is 0 Å². The fraction of sp³-hybridized carbons (Fsp3) is 0.846. The average molecular weight is 238 g/mol. The van der Waals surface area contributed by atoms with Crippen molar-refractivity contribution in [3.8, 4) is 0 Å². The normalized spacial score (nSPS) is 25.6. The number of carbonyl (C=O) groups is 2. The molecule has 2 fully saturated rings. The third-order valence-corrected chi connectivity index (χ3v) is 3.74. The van der Waals surface area contributed by atoms with Crippen LogP contribution >= 0.6 is 0 Å². The second-order valence-corrected chi connectivity index (χ2v) is 5.18. The molecule has 1 aliphatic heterocycles. The van der Waals surface area contributed by atoms with E-state index in [9.17, 15) is 9.59 Å². The van der Waals surface area contributed by atoms with E-state index in [0.717, 1.165) is 51.6 Å². The highest BCUT2D eigenvalue weighted by Crippen LogP contribution is 2.26. The zero-order valence-electron chi connectivity index (χ0n) is 10.6. The molecule has 1 saturated heterocycles. The maximum Gasteiger partial charge on any atom is 0.236 e. The highest BCUT2D eigenvalue weighted by Gasteiger charge is 2.32. The van der Waals surface area contributed by atoms with Gasteiger partial charge >= 0.3 is 0 Å². The van der Waals surface area contributed by atoms with Crippen molar-refractivity contribution in [3.63, 3.8) is 0 Å². The predicted molar refractivity (Wildman–Crippen MR) is 65.6 cm³/mol. The Bertz CT molecular complexity index is 289. The molecular weight excluding hydrogens is 216 g/mol. The third kappa shape index (κ3) is 3.28. The molecule has 0 bridgehead atoms. The van der Waals surface area contributed by atoms with Crippen molar-refractivity contribution in [1.29, 1.82) is 0 Å². The minimum Gasteiger partial charge on any atom is -0.339 e. The Morgan fingerprint density at radius 1 is 1.41 bits per heavy atom. The molecule has 1 unspecified atom stereocenters. The Morgan fingerprint density at radius 2 is 2.18 bits per heavy atom. The summed E-state index contributed by atoms with van der Waals surface area (Å²) in [6, 6.07) is 0.499. The Morgan fingerprint density at radius 3 is 2.76 bits per heavy atom. The number of hydrogen-bond acceptors (Lipinski definition) is 3. The van der Waals surface area contributed by atoms with E-state index in [0.29, 0.717) is 12.6 Å². The highest BCUT2D eigenvalue weighted by molar-refractivity contribution is 5.79. The summed E-state index contributed by atoms with van der Waals surface area (Å²) in [4.78, 5) is 27.0. The molecule has 1 atom stereocenters. The minimum atomic E-state index is 0.132. The fourth-order valence-corrected chi connectivity index (χ4v) is 2.65. The van der Waals surface area contributed by atoms with Gasteiger partial charge in [0.15, 0.2) is 0 Å². The molecule has 1 amide bonds. The molecule has 0 spiro atoms. The number of hydrogen-bond donors (Lipinski definition) is 0. The number of amides is 1. The molecular formula is C13H22N2O2. The van der Waals surface area contributed by atoms with Gasteiger partial charge in [0.2, 0.25) is 5.91 Å². The number of likely N-dealkylation sites (tertiary alicyclic amines) is 1. The molecule has 2 aliphatic rings. The number of likely N-dealkylation sites (N-methyl/N-ethyl adjacent to an activating group) is 1. The summed E-state index contributed by atoms with van der Waals surface area (Å²) < 4.78 is 0. The van der Waals surface area contributed by atoms with E-state index in [4.69, 9.17) is 0 Å². The Kier molecular flexibility index (Phi) is 4.15. The van der Waals surface area contributed by atoms with Crippen molar-refractivity contribution in [2.24, 2.45) is 5.92 Å². The molecule has 17 heavy (non-hydrogen) atoms. The summed E-state index contributed by atoms with van der Waals surface area (Å²) in [6.07, 6.45) is 5.38. The van der Waals surface area contributed by atoms with Crippen LogP contribution in [0, 0.1) is 5.92 Å². The lowest BCUT2D eigenvalue weighted by atomic mass is 10.00. The summed E-state index contributed by atoms with van der Waals surface area (Å²) in [6.45, 7) is 5.07. The van der Waals surface area contributed by atoms with Crippen LogP contribution in [0.1, 0.15) is 32.6 Å². The standard InChI is InChI=1S/C13H22N2O2/c1-2-15(12-5-6-12)13(17)9-14-7-3-4-11(8-14)10-16/h10-12H,2-9H2,1H3. The maximum absolute atomic E-state index is 12.1. The lowest BCUT2D eigenvalue weighted by molar-refractivity contribution is -0.133. The van der Waals surface area contributed by atoms with Crippen molar-refractivity contribution < 1.29 is 9.59 Å². The Balaban J connectivity index is 1.82. The van der Waals surface area contributed by atoms with Gasteiger partial charge < -0.3 is 9.69 Å². The van der Waals surface area contributed by atoms with Crippen molar-refractivity contribution in [3.05, 3.63) is 0 Å². The fourth-order valence-electron chi connectivity index (χ4n) is 2.65. The van der Waals surface area contributed by atoms with Crippen LogP contribution in [0.3, 0.4) is 0 Å². The smallest absolute Gasteiger partial charge is 0.236 e. The first kappa shape index (κ1) is 12.6. The third-order valence-electron chi connectivity index (χ3n) is 3.74. The topological polar surface area (TPSA) is 40.6 Å². The molecule has 0 aromatic carbocycles. The molecule has 4 heteroatoms. The molecule has 2 rings (SSSR count). The van der Waals surface area contributed by atoms with Crippen LogP contribution in [0.25, 0.3) is 0 Å². The van der Waals surface area contributed by atoms with Crippen LogP contribution in [0.2, 0.25) is 0 Å². The summed E-state index contributed by atoms with van der Waals surface area (Å²) in [5.74, 6) is 0.370. The van der Waals surface area contributed by atoms with Gasteiger partial charge in [-0.2, -0.15) is 0 Å². The van der Waals surface area contributed by atoms with Crippen molar-refractivity contribution in [2.45, 2.75) is 38.6 Å². The second-order valence-electron chi connectivity index (χ2n) is 5.18. The molecule has 0 N–H and O–H groups in total. The first-order valence-electron chi connectivity index (χ1n) is 6.71. The largest absolute Gasteiger partial charge is 0.339 e. The monoisotopic (exact) mass is 238 g/mol. The van der Waals surface area contributed by atoms with Gasteiger partial charge in [-0.05, 0) is 39.2 Å². The van der Waals surface area contributed by atoms with E-state index in [-0.39, 0.29) is 11.8 Å². The zero-order valence-corrected chi connectivity index (χ0v) is 10.6. The van der Waals surface area contributed by atoms with Gasteiger partial charge in [0.25, 0.3) is 0 Å². The first-order valence-corrected chi connectivity index (χ1v) is 6.71. The number of nitrogens with zero attached hydrogens (tertiary/aromatic N) is 2. The summed E-state index contributed by atoms with van der Waals surface area (Å²) in [5, 5.41) is 0. The van der Waals surface area contributed by atoms with Gasteiger partial charge in [0, 0.05) is 25.0 Å². The predicted octanol–water partition coefficient (Wildman–Crippen LogP) is 0.908. The van der Waals surface area contributed by atoms with Crippen LogP contribution in [0.5, 0.6) is 0 Å². The minimum absolute atomic E-state index is 0.132. The van der Waals surface area contributed by atoms with Gasteiger partial charge in [-0.3, -0.25) is 9.69 Å². The van der Waals surface area contributed by atoms with Crippen LogP contribution in [0.4, 0.5) is 0 Å². The average Bonchev–Trinajstić information content (AvgIpc) is 3.15. The first-order chi connectivity index (χ1) is 8.24. The van der Waals surface area contributed by atoms with E-state index in [2.05, 4.69) is 4.90 Å². The van der Waals surface area contributed by atoms with E-state index < -0.39 is 0 Å². The highest BCUT2D eigenvalue weighted by atomic mass is 16.2. The molecule has 0 aromatic rings. The number of carbonyl (C=O) groups excluding carboxylic acids is 2. The summed E-state index contributed by atoms with van der Waals surface area (Å²) in [5.41, 5.74) is 0. The van der Waals surface area contributed by atoms with Gasteiger partial charge in [-0.1, -0.05) is 0 Å². The van der Waals surface area contributed by atoms with Gasteiger partial charge in [-0.25, -0.2) is 0 Å². The van der Waals surface area contributed by atoms with Crippen molar-refractivity contribution >= 4 is 12.2 Å². The number of aldehydes is 1. The molecule has 1 heterocycles. The van der Waals surface area contributed by atoms with Crippen LogP contribution < -0.4 is 0 Å². The summed E-state index contributed by atoms with van der Waals surface area (Å²) in [7, 11) is 0. The lowest BCUT2D eigenvalue weighted by Crippen LogP contribution is -2.45. The number of rotatable bonds is 5. The van der Waals surface area contributed by atoms with Gasteiger partial charge in [0.05, 0.1) is 6.54 Å². The Labute approximate surface area is 103 Å². The lowest BCUT2D eigenvalue weighted by Gasteiger charge is -2.31. The summed E-state index contributed by atoms with van der Waals surface area (Å²) >= 11 is 0. The van der Waals surface area contributed by atoms with Crippen molar-refractivity contribution in [1.82, 2.24) is 9.80 Å². The Hall–Kier alpha value is -0.900. The van der Waals surface area contributed by atoms with E-state index >= 15 is 0 Å².